The van der Waals surface area contributed by atoms with Gasteiger partial charge in [0.2, 0.25) is 5.91 Å². The highest BCUT2D eigenvalue weighted by Crippen LogP contribution is 2.25. The number of anilines is 1. The van der Waals surface area contributed by atoms with Gasteiger partial charge in [-0.15, -0.1) is 0 Å². The monoisotopic (exact) mass is 420 g/mol. The van der Waals surface area contributed by atoms with Crippen LogP contribution in [-0.4, -0.2) is 32.3 Å². The fourth-order valence-electron chi connectivity index (χ4n) is 3.75. The molecule has 0 radical (unpaired) electrons. The smallest absolute Gasteiger partial charge is 0.264 e. The van der Waals surface area contributed by atoms with Crippen LogP contribution in [0.3, 0.4) is 0 Å². The Morgan fingerprint density at radius 2 is 1.63 bits per heavy atom. The quantitative estimate of drug-likeness (QED) is 0.631. The minimum Gasteiger partial charge on any atom is -0.336 e. The topological polar surface area (TPSA) is 57.7 Å². The molecule has 0 N–H and O–H groups in total. The van der Waals surface area contributed by atoms with Crippen molar-refractivity contribution < 1.29 is 13.2 Å². The molecule has 3 aromatic carbocycles. The first-order valence-corrected chi connectivity index (χ1v) is 11.4. The van der Waals surface area contributed by atoms with E-state index in [4.69, 9.17) is 0 Å². The second kappa shape index (κ2) is 8.32. The minimum atomic E-state index is -3.88. The van der Waals surface area contributed by atoms with Gasteiger partial charge in [-0.25, -0.2) is 8.42 Å². The third kappa shape index (κ3) is 4.09. The lowest BCUT2D eigenvalue weighted by Crippen LogP contribution is -2.44. The first kappa shape index (κ1) is 20.2. The summed E-state index contributed by atoms with van der Waals surface area (Å²) < 4.78 is 28.1. The molecule has 1 amide bonds. The molecule has 3 aromatic rings. The number of fused-ring (bicyclic) bond motifs is 1. The zero-order chi connectivity index (χ0) is 21.1. The van der Waals surface area contributed by atoms with E-state index in [2.05, 4.69) is 6.07 Å². The average Bonchev–Trinajstić information content (AvgIpc) is 2.77. The first-order chi connectivity index (χ1) is 14.4. The summed E-state index contributed by atoms with van der Waals surface area (Å²) in [5.74, 6) is -0.203. The Morgan fingerprint density at radius 1 is 0.933 bits per heavy atom. The van der Waals surface area contributed by atoms with Crippen molar-refractivity contribution in [1.29, 1.82) is 0 Å². The van der Waals surface area contributed by atoms with Crippen molar-refractivity contribution in [2.24, 2.45) is 0 Å². The molecule has 4 rings (SSSR count). The Hall–Kier alpha value is -3.12. The molecule has 0 saturated heterocycles. The molecule has 0 aromatic heterocycles. The van der Waals surface area contributed by atoms with E-state index < -0.39 is 10.0 Å². The van der Waals surface area contributed by atoms with Gasteiger partial charge in [0.25, 0.3) is 10.0 Å². The van der Waals surface area contributed by atoms with E-state index >= 15 is 0 Å². The molecule has 5 nitrogen and oxygen atoms in total. The third-order valence-electron chi connectivity index (χ3n) is 5.38. The molecule has 6 heteroatoms. The minimum absolute atomic E-state index is 0.170. The van der Waals surface area contributed by atoms with Crippen LogP contribution in [-0.2, 0) is 27.8 Å². The Morgan fingerprint density at radius 3 is 2.37 bits per heavy atom. The van der Waals surface area contributed by atoms with Crippen LogP contribution >= 0.6 is 0 Å². The predicted octanol–water partition coefficient (Wildman–Crippen LogP) is 3.78. The fourth-order valence-corrected chi connectivity index (χ4v) is 5.18. The van der Waals surface area contributed by atoms with Crippen LogP contribution < -0.4 is 4.31 Å². The van der Waals surface area contributed by atoms with Crippen LogP contribution in [0.2, 0.25) is 0 Å². The highest BCUT2D eigenvalue weighted by Gasteiger charge is 2.30. The van der Waals surface area contributed by atoms with E-state index in [9.17, 15) is 13.2 Å². The van der Waals surface area contributed by atoms with Crippen LogP contribution in [0.4, 0.5) is 5.69 Å². The normalized spacial score (nSPS) is 13.6. The Kier molecular flexibility index (Phi) is 5.59. The van der Waals surface area contributed by atoms with Crippen molar-refractivity contribution in [1.82, 2.24) is 4.90 Å². The summed E-state index contributed by atoms with van der Waals surface area (Å²) in [6.45, 7) is 2.76. The number of benzene rings is 3. The second-order valence-corrected chi connectivity index (χ2v) is 9.36. The van der Waals surface area contributed by atoms with E-state index in [0.29, 0.717) is 18.8 Å². The van der Waals surface area contributed by atoms with Crippen LogP contribution in [0.5, 0.6) is 0 Å². The molecule has 154 valence electrons. The van der Waals surface area contributed by atoms with E-state index in [0.717, 1.165) is 17.5 Å². The molecule has 0 bridgehead atoms. The zero-order valence-electron chi connectivity index (χ0n) is 16.9. The Bertz CT molecular complexity index is 1160. The fraction of sp³-hybridized carbons (Fsp3) is 0.208. The molecule has 1 aliphatic rings. The van der Waals surface area contributed by atoms with Crippen molar-refractivity contribution in [3.8, 4) is 0 Å². The molecule has 30 heavy (non-hydrogen) atoms. The lowest BCUT2D eigenvalue weighted by atomic mass is 10.00. The third-order valence-corrected chi connectivity index (χ3v) is 7.17. The van der Waals surface area contributed by atoms with Gasteiger partial charge in [-0.2, -0.15) is 0 Å². The summed E-state index contributed by atoms with van der Waals surface area (Å²) in [4.78, 5) is 15.1. The highest BCUT2D eigenvalue weighted by atomic mass is 32.2. The lowest BCUT2D eigenvalue weighted by Gasteiger charge is -2.32. The van der Waals surface area contributed by atoms with Crippen LogP contribution in [0, 0.1) is 6.92 Å². The molecular weight excluding hydrogens is 396 g/mol. The number of hydrogen-bond donors (Lipinski definition) is 0. The van der Waals surface area contributed by atoms with Gasteiger partial charge in [0, 0.05) is 13.1 Å². The number of rotatable bonds is 5. The molecule has 0 atom stereocenters. The molecule has 0 fully saturated rings. The second-order valence-electron chi connectivity index (χ2n) is 7.50. The van der Waals surface area contributed by atoms with E-state index in [1.807, 2.05) is 31.2 Å². The van der Waals surface area contributed by atoms with Crippen LogP contribution in [0.15, 0.2) is 83.8 Å². The maximum absolute atomic E-state index is 13.4. The number of carbonyl (C=O) groups is 1. The molecule has 1 aliphatic heterocycles. The van der Waals surface area contributed by atoms with E-state index in [-0.39, 0.29) is 17.3 Å². The predicted molar refractivity (Wildman–Crippen MR) is 118 cm³/mol. The van der Waals surface area contributed by atoms with Gasteiger partial charge in [-0.05, 0) is 54.3 Å². The van der Waals surface area contributed by atoms with E-state index in [1.165, 1.54) is 9.87 Å². The number of amides is 1. The summed E-state index contributed by atoms with van der Waals surface area (Å²) in [6.07, 6.45) is 0.776. The number of sulfonamides is 1. The maximum atomic E-state index is 13.4. The lowest BCUT2D eigenvalue weighted by molar-refractivity contribution is -0.130. The number of carbonyl (C=O) groups excluding carboxylic acids is 1. The molecule has 0 spiro atoms. The molecular formula is C24H24N2O3S. The SMILES string of the molecule is Cc1cccc(N(CC(=O)N2CCc3ccccc3C2)S(=O)(=O)c2ccccc2)c1. The van der Waals surface area contributed by atoms with E-state index in [1.54, 1.807) is 53.4 Å². The van der Waals surface area contributed by atoms with Crippen molar-refractivity contribution in [3.63, 3.8) is 0 Å². The summed E-state index contributed by atoms with van der Waals surface area (Å²) in [5.41, 5.74) is 3.78. The Labute approximate surface area is 177 Å². The van der Waals surface area contributed by atoms with Gasteiger partial charge in [-0.1, -0.05) is 54.6 Å². The van der Waals surface area contributed by atoms with Crippen LogP contribution in [0.1, 0.15) is 16.7 Å². The Balaban J connectivity index is 1.65. The summed E-state index contributed by atoms with van der Waals surface area (Å²) in [6, 6.07) is 23.5. The molecule has 0 unspecified atom stereocenters. The van der Waals surface area contributed by atoms with Gasteiger partial charge in [0.15, 0.2) is 0 Å². The zero-order valence-corrected chi connectivity index (χ0v) is 17.7. The summed E-state index contributed by atoms with van der Waals surface area (Å²) >= 11 is 0. The first-order valence-electron chi connectivity index (χ1n) is 9.94. The van der Waals surface area contributed by atoms with Gasteiger partial charge in [0.1, 0.15) is 6.54 Å². The highest BCUT2D eigenvalue weighted by molar-refractivity contribution is 7.92. The van der Waals surface area contributed by atoms with Crippen molar-refractivity contribution in [3.05, 3.63) is 95.6 Å². The van der Waals surface area contributed by atoms with Crippen molar-refractivity contribution >= 4 is 21.6 Å². The largest absolute Gasteiger partial charge is 0.336 e. The van der Waals surface area contributed by atoms with Gasteiger partial charge in [-0.3, -0.25) is 9.10 Å². The standard InChI is InChI=1S/C24H24N2O3S/c1-19-8-7-11-22(16-19)26(30(28,29)23-12-3-2-4-13-23)18-24(27)25-15-14-20-9-5-6-10-21(20)17-25/h2-13,16H,14-15,17-18H2,1H3. The van der Waals surface area contributed by atoms with Crippen molar-refractivity contribution in [2.75, 3.05) is 17.4 Å². The molecule has 0 saturated carbocycles. The maximum Gasteiger partial charge on any atom is 0.264 e. The van der Waals surface area contributed by atoms with Gasteiger partial charge < -0.3 is 4.90 Å². The van der Waals surface area contributed by atoms with Crippen LogP contribution in [0.25, 0.3) is 0 Å². The van der Waals surface area contributed by atoms with Gasteiger partial charge >= 0.3 is 0 Å². The molecule has 1 heterocycles. The summed E-state index contributed by atoms with van der Waals surface area (Å²) in [7, 11) is -3.88. The van der Waals surface area contributed by atoms with Crippen molar-refractivity contribution in [2.45, 2.75) is 24.8 Å². The average molecular weight is 421 g/mol. The summed E-state index contributed by atoms with van der Waals surface area (Å²) in [5, 5.41) is 0. The number of aryl methyl sites for hydroxylation is 1. The van der Waals surface area contributed by atoms with Gasteiger partial charge in [0.05, 0.1) is 10.6 Å². The molecule has 0 aliphatic carbocycles. The number of nitrogens with zero attached hydrogens (tertiary/aromatic N) is 2. The number of hydrogen-bond acceptors (Lipinski definition) is 3.